The van der Waals surface area contributed by atoms with Crippen LogP contribution < -0.4 is 5.32 Å². The highest BCUT2D eigenvalue weighted by Gasteiger charge is 2.34. The second-order valence-corrected chi connectivity index (χ2v) is 6.17. The molecule has 8 nitrogen and oxygen atoms in total. The summed E-state index contributed by atoms with van der Waals surface area (Å²) in [5, 5.41) is 9.32. The number of amides is 3. The fourth-order valence-electron chi connectivity index (χ4n) is 3.03. The highest BCUT2D eigenvalue weighted by Crippen LogP contribution is 2.22. The molecule has 1 saturated heterocycles. The van der Waals surface area contributed by atoms with Crippen molar-refractivity contribution >= 4 is 23.4 Å². The van der Waals surface area contributed by atoms with Gasteiger partial charge in [-0.1, -0.05) is 11.2 Å². The molecule has 2 aromatic rings. The third-order valence-electron chi connectivity index (χ3n) is 4.18. The summed E-state index contributed by atoms with van der Waals surface area (Å²) in [6, 6.07) is 6.65. The fraction of sp³-hybridized carbons (Fsp3) is 0.333. The SMILES string of the molecule is CC(=O)Nc1cccc(C(=O)N2CCCN2C(=O)c2c(C)noc2C)c1. The van der Waals surface area contributed by atoms with E-state index in [1.54, 1.807) is 38.1 Å². The summed E-state index contributed by atoms with van der Waals surface area (Å²) in [5.41, 5.74) is 1.82. The van der Waals surface area contributed by atoms with Crippen molar-refractivity contribution in [3.8, 4) is 0 Å². The van der Waals surface area contributed by atoms with Crippen LogP contribution in [0.1, 0.15) is 45.5 Å². The molecule has 0 unspecified atom stereocenters. The first-order chi connectivity index (χ1) is 12.4. The highest BCUT2D eigenvalue weighted by atomic mass is 16.5. The summed E-state index contributed by atoms with van der Waals surface area (Å²) >= 11 is 0. The van der Waals surface area contributed by atoms with Crippen molar-refractivity contribution in [2.75, 3.05) is 18.4 Å². The summed E-state index contributed by atoms with van der Waals surface area (Å²) in [4.78, 5) is 37.0. The van der Waals surface area contributed by atoms with Gasteiger partial charge in [0.15, 0.2) is 0 Å². The number of hydrazine groups is 1. The molecule has 3 rings (SSSR count). The molecule has 0 bridgehead atoms. The Hall–Kier alpha value is -3.16. The average molecular weight is 356 g/mol. The molecule has 0 spiro atoms. The van der Waals surface area contributed by atoms with E-state index in [0.29, 0.717) is 47.8 Å². The highest BCUT2D eigenvalue weighted by molar-refractivity contribution is 6.01. The minimum atomic E-state index is -0.301. The van der Waals surface area contributed by atoms with Gasteiger partial charge in [0.05, 0.1) is 5.69 Å². The molecule has 0 saturated carbocycles. The molecule has 1 fully saturated rings. The molecule has 3 amide bonds. The van der Waals surface area contributed by atoms with Gasteiger partial charge in [-0.3, -0.25) is 14.4 Å². The van der Waals surface area contributed by atoms with Gasteiger partial charge in [-0.25, -0.2) is 10.0 Å². The van der Waals surface area contributed by atoms with Gasteiger partial charge in [-0.15, -0.1) is 0 Å². The molecule has 0 atom stereocenters. The predicted molar refractivity (Wildman–Crippen MR) is 93.4 cm³/mol. The lowest BCUT2D eigenvalue weighted by Gasteiger charge is -2.28. The summed E-state index contributed by atoms with van der Waals surface area (Å²) in [6.07, 6.45) is 0.687. The first kappa shape index (κ1) is 17.7. The number of nitrogens with zero attached hydrogens (tertiary/aromatic N) is 3. The third kappa shape index (κ3) is 3.30. The Morgan fingerprint density at radius 3 is 2.42 bits per heavy atom. The standard InChI is InChI=1S/C18H20N4O4/c1-11-16(12(2)26-20-11)18(25)22-9-5-8-21(22)17(24)14-6-4-7-15(10-14)19-13(3)23/h4,6-7,10H,5,8-9H2,1-3H3,(H,19,23). The number of anilines is 1. The number of rotatable bonds is 3. The number of aryl methyl sites for hydroxylation is 2. The third-order valence-corrected chi connectivity index (χ3v) is 4.18. The molecule has 1 aliphatic heterocycles. The number of benzene rings is 1. The van der Waals surface area contributed by atoms with Crippen LogP contribution in [-0.4, -0.2) is 46.0 Å². The summed E-state index contributed by atoms with van der Waals surface area (Å²) in [6.45, 7) is 5.66. The first-order valence-corrected chi connectivity index (χ1v) is 8.32. The van der Waals surface area contributed by atoms with Crippen LogP contribution in [0.25, 0.3) is 0 Å². The Morgan fingerprint density at radius 2 is 1.81 bits per heavy atom. The van der Waals surface area contributed by atoms with Crippen LogP contribution in [0.2, 0.25) is 0 Å². The molecule has 26 heavy (non-hydrogen) atoms. The maximum atomic E-state index is 12.9. The molecular weight excluding hydrogens is 336 g/mol. The number of aromatic nitrogens is 1. The lowest BCUT2D eigenvalue weighted by Crippen LogP contribution is -2.45. The van der Waals surface area contributed by atoms with Crippen molar-refractivity contribution in [2.24, 2.45) is 0 Å². The maximum absolute atomic E-state index is 12.9. The zero-order valence-corrected chi connectivity index (χ0v) is 14.9. The van der Waals surface area contributed by atoms with Crippen molar-refractivity contribution in [3.05, 3.63) is 46.8 Å². The minimum Gasteiger partial charge on any atom is -0.361 e. The van der Waals surface area contributed by atoms with Crippen LogP contribution in [0, 0.1) is 13.8 Å². The monoisotopic (exact) mass is 356 g/mol. The lowest BCUT2D eigenvalue weighted by atomic mass is 10.1. The van der Waals surface area contributed by atoms with Crippen LogP contribution in [0.4, 0.5) is 5.69 Å². The Bertz CT molecular complexity index is 854. The van der Waals surface area contributed by atoms with Gasteiger partial charge < -0.3 is 9.84 Å². The predicted octanol–water partition coefficient (Wildman–Crippen LogP) is 2.15. The Kier molecular flexibility index (Phi) is 4.75. The van der Waals surface area contributed by atoms with E-state index in [0.717, 1.165) is 0 Å². The molecule has 2 heterocycles. The fourth-order valence-corrected chi connectivity index (χ4v) is 3.03. The Labute approximate surface area is 150 Å². The van der Waals surface area contributed by atoms with E-state index in [1.807, 2.05) is 0 Å². The van der Waals surface area contributed by atoms with E-state index in [2.05, 4.69) is 10.5 Å². The van der Waals surface area contributed by atoms with Crippen molar-refractivity contribution in [1.82, 2.24) is 15.2 Å². The lowest BCUT2D eigenvalue weighted by molar-refractivity contribution is -0.114. The smallest absolute Gasteiger partial charge is 0.277 e. The summed E-state index contributed by atoms with van der Waals surface area (Å²) in [7, 11) is 0. The number of nitrogens with one attached hydrogen (secondary N) is 1. The van der Waals surface area contributed by atoms with Gasteiger partial charge in [0.2, 0.25) is 5.91 Å². The van der Waals surface area contributed by atoms with E-state index in [9.17, 15) is 14.4 Å². The topological polar surface area (TPSA) is 95.8 Å². The molecule has 1 N–H and O–H groups in total. The zero-order valence-electron chi connectivity index (χ0n) is 14.9. The minimum absolute atomic E-state index is 0.217. The van der Waals surface area contributed by atoms with Crippen molar-refractivity contribution in [1.29, 1.82) is 0 Å². The number of hydrogen-bond acceptors (Lipinski definition) is 5. The normalized spacial score (nSPS) is 13.8. The van der Waals surface area contributed by atoms with Crippen LogP contribution in [-0.2, 0) is 4.79 Å². The second kappa shape index (κ2) is 6.99. The molecular formula is C18H20N4O4. The average Bonchev–Trinajstić information content (AvgIpc) is 3.20. The van der Waals surface area contributed by atoms with Gasteiger partial charge in [0, 0.05) is 31.3 Å². The Balaban J connectivity index is 1.85. The van der Waals surface area contributed by atoms with E-state index in [4.69, 9.17) is 4.52 Å². The molecule has 8 heteroatoms. The van der Waals surface area contributed by atoms with Gasteiger partial charge in [-0.2, -0.15) is 0 Å². The van der Waals surface area contributed by atoms with Crippen LogP contribution in [0.15, 0.2) is 28.8 Å². The summed E-state index contributed by atoms with van der Waals surface area (Å²) < 4.78 is 5.07. The van der Waals surface area contributed by atoms with Crippen molar-refractivity contribution in [2.45, 2.75) is 27.2 Å². The molecule has 0 aliphatic carbocycles. The molecule has 136 valence electrons. The second-order valence-electron chi connectivity index (χ2n) is 6.17. The quantitative estimate of drug-likeness (QED) is 0.909. The van der Waals surface area contributed by atoms with Crippen molar-refractivity contribution < 1.29 is 18.9 Å². The van der Waals surface area contributed by atoms with Gasteiger partial charge in [0.1, 0.15) is 11.3 Å². The van der Waals surface area contributed by atoms with Gasteiger partial charge in [0.25, 0.3) is 11.8 Å². The molecule has 0 radical (unpaired) electrons. The maximum Gasteiger partial charge on any atom is 0.277 e. The van der Waals surface area contributed by atoms with E-state index in [1.165, 1.54) is 16.9 Å². The number of carbonyl (C=O) groups excluding carboxylic acids is 3. The van der Waals surface area contributed by atoms with E-state index >= 15 is 0 Å². The molecule has 1 aliphatic rings. The van der Waals surface area contributed by atoms with E-state index in [-0.39, 0.29) is 17.7 Å². The number of hydrogen-bond donors (Lipinski definition) is 1. The molecule has 1 aromatic heterocycles. The molecule has 1 aromatic carbocycles. The first-order valence-electron chi connectivity index (χ1n) is 8.32. The van der Waals surface area contributed by atoms with Gasteiger partial charge >= 0.3 is 0 Å². The van der Waals surface area contributed by atoms with Crippen LogP contribution in [0.3, 0.4) is 0 Å². The zero-order chi connectivity index (χ0) is 18.8. The van der Waals surface area contributed by atoms with Crippen molar-refractivity contribution in [3.63, 3.8) is 0 Å². The Morgan fingerprint density at radius 1 is 1.12 bits per heavy atom. The summed E-state index contributed by atoms with van der Waals surface area (Å²) in [5.74, 6) is -0.384. The largest absolute Gasteiger partial charge is 0.361 e. The number of carbonyl (C=O) groups is 3. The van der Waals surface area contributed by atoms with E-state index < -0.39 is 0 Å². The van der Waals surface area contributed by atoms with Crippen LogP contribution in [0.5, 0.6) is 0 Å². The van der Waals surface area contributed by atoms with Crippen LogP contribution >= 0.6 is 0 Å². The van der Waals surface area contributed by atoms with Gasteiger partial charge in [-0.05, 0) is 38.5 Å².